The molecule has 2 aliphatic heterocycles. The van der Waals surface area contributed by atoms with Crippen LogP contribution < -0.4 is 9.80 Å². The fraction of sp³-hybridized carbons (Fsp3) is 0.500. The Morgan fingerprint density at radius 3 is 2.24 bits per heavy atom. The van der Waals surface area contributed by atoms with Gasteiger partial charge in [-0.05, 0) is 30.5 Å². The molecule has 0 N–H and O–H groups in total. The van der Waals surface area contributed by atoms with E-state index in [1.54, 1.807) is 0 Å². The van der Waals surface area contributed by atoms with Gasteiger partial charge in [0.25, 0.3) is 0 Å². The highest BCUT2D eigenvalue weighted by Crippen LogP contribution is 2.37. The summed E-state index contributed by atoms with van der Waals surface area (Å²) in [4.78, 5) is 19.8. The van der Waals surface area contributed by atoms with Gasteiger partial charge in [0, 0.05) is 53.5 Å². The van der Waals surface area contributed by atoms with Crippen LogP contribution in [0.2, 0.25) is 0 Å². The van der Waals surface area contributed by atoms with Crippen LogP contribution in [0.4, 0.5) is 11.6 Å². The highest BCUT2D eigenvalue weighted by atomic mass is 16.5. The number of amides is 1. The van der Waals surface area contributed by atoms with Gasteiger partial charge in [0.15, 0.2) is 11.6 Å². The van der Waals surface area contributed by atoms with E-state index in [2.05, 4.69) is 27.2 Å². The average Bonchev–Trinajstić information content (AvgIpc) is 2.80. The monoisotopic (exact) mass is 395 g/mol. The lowest BCUT2D eigenvalue weighted by Crippen LogP contribution is -2.56. The first-order valence-corrected chi connectivity index (χ1v) is 10.3. The molecule has 1 aromatic heterocycles. The molecule has 2 fully saturated rings. The Bertz CT molecular complexity index is 811. The summed E-state index contributed by atoms with van der Waals surface area (Å²) in [6.45, 7) is 4.20. The maximum absolute atomic E-state index is 13.7. The third kappa shape index (κ3) is 3.92. The Hall–Kier alpha value is -2.67. The van der Waals surface area contributed by atoms with E-state index in [0.29, 0.717) is 26.3 Å². The van der Waals surface area contributed by atoms with Crippen LogP contribution in [0.1, 0.15) is 18.4 Å². The summed E-state index contributed by atoms with van der Waals surface area (Å²) in [6, 6.07) is 14.2. The summed E-state index contributed by atoms with van der Waals surface area (Å²) in [5.41, 5.74) is 0.648. The Labute approximate surface area is 172 Å². The minimum absolute atomic E-state index is 0.237. The fourth-order valence-electron chi connectivity index (χ4n) is 4.27. The maximum atomic E-state index is 13.7. The van der Waals surface area contributed by atoms with Crippen LogP contribution in [0.3, 0.4) is 0 Å². The van der Waals surface area contributed by atoms with E-state index in [-0.39, 0.29) is 5.91 Å². The predicted molar refractivity (Wildman–Crippen MR) is 113 cm³/mol. The fourth-order valence-corrected chi connectivity index (χ4v) is 4.27. The molecule has 2 aromatic rings. The second kappa shape index (κ2) is 8.37. The van der Waals surface area contributed by atoms with Crippen molar-refractivity contribution in [2.45, 2.75) is 18.3 Å². The van der Waals surface area contributed by atoms with Crippen molar-refractivity contribution in [1.82, 2.24) is 15.1 Å². The second-order valence-corrected chi connectivity index (χ2v) is 7.98. The average molecular weight is 396 g/mol. The van der Waals surface area contributed by atoms with E-state index in [1.165, 1.54) is 0 Å². The van der Waals surface area contributed by atoms with Gasteiger partial charge in [-0.2, -0.15) is 0 Å². The smallest absolute Gasteiger partial charge is 0.233 e. The summed E-state index contributed by atoms with van der Waals surface area (Å²) in [6.07, 6.45) is 1.49. The molecule has 154 valence electrons. The Balaban J connectivity index is 1.46. The molecule has 7 nitrogen and oxygen atoms in total. The normalized spacial score (nSPS) is 19.1. The summed E-state index contributed by atoms with van der Waals surface area (Å²) in [5, 5.41) is 8.63. The van der Waals surface area contributed by atoms with Crippen molar-refractivity contribution in [3.63, 3.8) is 0 Å². The topological polar surface area (TPSA) is 61.8 Å². The van der Waals surface area contributed by atoms with Crippen molar-refractivity contribution < 1.29 is 9.53 Å². The maximum Gasteiger partial charge on any atom is 0.233 e. The zero-order chi connectivity index (χ0) is 20.3. The molecule has 2 saturated heterocycles. The third-order valence-electron chi connectivity index (χ3n) is 6.07. The second-order valence-electron chi connectivity index (χ2n) is 7.98. The van der Waals surface area contributed by atoms with Crippen LogP contribution in [0.15, 0.2) is 42.5 Å². The largest absolute Gasteiger partial charge is 0.381 e. The van der Waals surface area contributed by atoms with Gasteiger partial charge in [0.05, 0.1) is 5.41 Å². The first-order chi connectivity index (χ1) is 14.1. The molecule has 0 bridgehead atoms. The molecular formula is C22H29N5O2. The summed E-state index contributed by atoms with van der Waals surface area (Å²) in [5.74, 6) is 1.94. The number of hydrogen-bond acceptors (Lipinski definition) is 6. The number of ether oxygens (including phenoxy) is 1. The van der Waals surface area contributed by atoms with E-state index in [1.807, 2.05) is 54.2 Å². The number of aromatic nitrogens is 2. The predicted octanol–water partition coefficient (Wildman–Crippen LogP) is 1.94. The molecule has 1 aromatic carbocycles. The number of nitrogens with zero attached hydrogens (tertiary/aromatic N) is 5. The number of hydrogen-bond donors (Lipinski definition) is 0. The van der Waals surface area contributed by atoms with Gasteiger partial charge >= 0.3 is 0 Å². The molecule has 4 rings (SSSR count). The highest BCUT2D eigenvalue weighted by molar-refractivity contribution is 5.88. The van der Waals surface area contributed by atoms with Crippen molar-refractivity contribution in [2.75, 3.05) is 63.3 Å². The van der Waals surface area contributed by atoms with Crippen LogP contribution in [0.5, 0.6) is 0 Å². The number of rotatable bonds is 4. The van der Waals surface area contributed by atoms with Crippen molar-refractivity contribution in [2.24, 2.45) is 0 Å². The third-order valence-corrected chi connectivity index (χ3v) is 6.07. The highest BCUT2D eigenvalue weighted by Gasteiger charge is 2.44. The lowest BCUT2D eigenvalue weighted by molar-refractivity contribution is -0.141. The first kappa shape index (κ1) is 19.6. The van der Waals surface area contributed by atoms with E-state index in [9.17, 15) is 4.79 Å². The first-order valence-electron chi connectivity index (χ1n) is 10.3. The van der Waals surface area contributed by atoms with Crippen molar-refractivity contribution >= 4 is 17.5 Å². The van der Waals surface area contributed by atoms with Crippen LogP contribution in [-0.2, 0) is 14.9 Å². The minimum atomic E-state index is -0.463. The molecule has 0 radical (unpaired) electrons. The molecule has 1 amide bonds. The molecule has 29 heavy (non-hydrogen) atoms. The molecule has 0 spiro atoms. The molecule has 0 unspecified atom stereocenters. The lowest BCUT2D eigenvalue weighted by atomic mass is 9.73. The lowest BCUT2D eigenvalue weighted by Gasteiger charge is -2.43. The van der Waals surface area contributed by atoms with Crippen LogP contribution >= 0.6 is 0 Å². The molecule has 2 aliphatic rings. The van der Waals surface area contributed by atoms with Gasteiger partial charge < -0.3 is 19.4 Å². The number of piperazine rings is 1. The number of anilines is 2. The van der Waals surface area contributed by atoms with Crippen molar-refractivity contribution in [1.29, 1.82) is 0 Å². The van der Waals surface area contributed by atoms with Gasteiger partial charge in [-0.15, -0.1) is 10.2 Å². The molecule has 0 aliphatic carbocycles. The van der Waals surface area contributed by atoms with Gasteiger partial charge in [-0.3, -0.25) is 4.79 Å². The summed E-state index contributed by atoms with van der Waals surface area (Å²) >= 11 is 0. The van der Waals surface area contributed by atoms with Gasteiger partial charge in [0.1, 0.15) is 0 Å². The molecule has 0 atom stereocenters. The molecule has 0 saturated carbocycles. The number of carbonyl (C=O) groups excluding carboxylic acids is 1. The van der Waals surface area contributed by atoms with Gasteiger partial charge in [0.2, 0.25) is 5.91 Å². The standard InChI is InChI=1S/C22H29N5O2/c1-25(2)19-8-9-20(24-23-19)26-12-14-27(15-13-26)21(28)22(10-16-29-17-11-22)18-6-4-3-5-7-18/h3-9H,10-17H2,1-2H3. The van der Waals surface area contributed by atoms with E-state index < -0.39 is 5.41 Å². The Morgan fingerprint density at radius 1 is 0.966 bits per heavy atom. The summed E-state index contributed by atoms with van der Waals surface area (Å²) in [7, 11) is 3.90. The quantitative estimate of drug-likeness (QED) is 0.789. The van der Waals surface area contributed by atoms with Crippen molar-refractivity contribution in [3.8, 4) is 0 Å². The Morgan fingerprint density at radius 2 is 1.66 bits per heavy atom. The number of benzene rings is 1. The number of carbonyl (C=O) groups is 1. The molecule has 7 heteroatoms. The van der Waals surface area contributed by atoms with Crippen LogP contribution in [0.25, 0.3) is 0 Å². The zero-order valence-electron chi connectivity index (χ0n) is 17.3. The zero-order valence-corrected chi connectivity index (χ0v) is 17.3. The van der Waals surface area contributed by atoms with Crippen LogP contribution in [-0.4, -0.2) is 74.5 Å². The molecular weight excluding hydrogens is 366 g/mol. The van der Waals surface area contributed by atoms with Gasteiger partial charge in [-0.25, -0.2) is 0 Å². The molecule has 3 heterocycles. The van der Waals surface area contributed by atoms with Crippen molar-refractivity contribution in [3.05, 3.63) is 48.0 Å². The van der Waals surface area contributed by atoms with E-state index in [4.69, 9.17) is 4.74 Å². The SMILES string of the molecule is CN(C)c1ccc(N2CCN(C(=O)C3(c4ccccc4)CCOCC3)CC2)nn1. The van der Waals surface area contributed by atoms with Crippen LogP contribution in [0, 0.1) is 0 Å². The van der Waals surface area contributed by atoms with Gasteiger partial charge in [-0.1, -0.05) is 30.3 Å². The van der Waals surface area contributed by atoms with E-state index >= 15 is 0 Å². The minimum Gasteiger partial charge on any atom is -0.381 e. The van der Waals surface area contributed by atoms with E-state index in [0.717, 1.165) is 43.1 Å². The Kier molecular flexibility index (Phi) is 5.67. The summed E-state index contributed by atoms with van der Waals surface area (Å²) < 4.78 is 5.59.